The minimum Gasteiger partial charge on any atom is -0.341 e. The molecule has 2 heterocycles. The number of urea groups is 1. The van der Waals surface area contributed by atoms with Crippen molar-refractivity contribution in [2.24, 2.45) is 28.6 Å². The Kier molecular flexibility index (Phi) is 7.69. The predicted octanol–water partition coefficient (Wildman–Crippen LogP) is 5.38. The molecule has 7 aliphatic rings. The quantitative estimate of drug-likeness (QED) is 0.455. The van der Waals surface area contributed by atoms with Gasteiger partial charge in [0.05, 0.1) is 11.6 Å². The molecule has 7 fully saturated rings. The zero-order chi connectivity index (χ0) is 30.7. The Morgan fingerprint density at radius 2 is 1.52 bits per heavy atom. The SMILES string of the molecule is C[C@]12CC3CC(NC(=O)Nc4ccc(CN5CCCC(C(=O)N6CCCN(C(=O)C7CC7)CC6)C5)cc4F)(C1)C[C@@](C)(C3)C2. The summed E-state index contributed by atoms with van der Waals surface area (Å²) in [6.45, 7) is 9.55. The van der Waals surface area contributed by atoms with Crippen LogP contribution < -0.4 is 10.6 Å². The van der Waals surface area contributed by atoms with E-state index in [1.165, 1.54) is 25.3 Å². The number of nitrogens with zero attached hydrogens (tertiary/aromatic N) is 3. The average Bonchev–Trinajstić information content (AvgIpc) is 3.79. The van der Waals surface area contributed by atoms with Crippen LogP contribution in [0.15, 0.2) is 18.2 Å². The van der Waals surface area contributed by atoms with Crippen LogP contribution >= 0.6 is 0 Å². The molecule has 4 amide bonds. The molecule has 0 aromatic heterocycles. The van der Waals surface area contributed by atoms with E-state index in [9.17, 15) is 14.4 Å². The molecule has 9 heteroatoms. The zero-order valence-corrected chi connectivity index (χ0v) is 26.6. The van der Waals surface area contributed by atoms with Crippen LogP contribution in [0, 0.1) is 34.4 Å². The molecule has 4 bridgehead atoms. The van der Waals surface area contributed by atoms with Crippen molar-refractivity contribution in [3.05, 3.63) is 29.6 Å². The summed E-state index contributed by atoms with van der Waals surface area (Å²) in [6.07, 6.45) is 11.5. The maximum absolute atomic E-state index is 15.3. The Morgan fingerprint density at radius 1 is 0.841 bits per heavy atom. The molecule has 0 radical (unpaired) electrons. The van der Waals surface area contributed by atoms with E-state index in [-0.39, 0.29) is 51.7 Å². The maximum atomic E-state index is 15.3. The van der Waals surface area contributed by atoms with Gasteiger partial charge in [-0.25, -0.2) is 9.18 Å². The third-order valence-electron chi connectivity index (χ3n) is 11.6. The van der Waals surface area contributed by atoms with Crippen LogP contribution in [0.2, 0.25) is 0 Å². The highest BCUT2D eigenvalue weighted by atomic mass is 19.1. The molecule has 5 saturated carbocycles. The first-order valence-electron chi connectivity index (χ1n) is 17.2. The topological polar surface area (TPSA) is 85.0 Å². The number of hydrogen-bond donors (Lipinski definition) is 2. The van der Waals surface area contributed by atoms with Crippen molar-refractivity contribution in [3.63, 3.8) is 0 Å². The fourth-order valence-electron chi connectivity index (χ4n) is 10.6. The third kappa shape index (κ3) is 6.22. The maximum Gasteiger partial charge on any atom is 0.319 e. The number of likely N-dealkylation sites (tertiary alicyclic amines) is 1. The highest BCUT2D eigenvalue weighted by Gasteiger charge is 2.60. The van der Waals surface area contributed by atoms with Gasteiger partial charge in [0, 0.05) is 50.7 Å². The van der Waals surface area contributed by atoms with E-state index in [2.05, 4.69) is 29.4 Å². The number of amides is 4. The summed E-state index contributed by atoms with van der Waals surface area (Å²) < 4.78 is 15.3. The lowest BCUT2D eigenvalue weighted by molar-refractivity contribution is -0.138. The molecular formula is C35H50FN5O3. The first-order valence-corrected chi connectivity index (χ1v) is 17.2. The second-order valence-electron chi connectivity index (χ2n) is 16.2. The second kappa shape index (κ2) is 11.3. The molecule has 44 heavy (non-hydrogen) atoms. The van der Waals surface area contributed by atoms with Crippen LogP contribution in [0.25, 0.3) is 0 Å². The van der Waals surface area contributed by atoms with E-state index in [0.29, 0.717) is 38.6 Å². The number of nitrogens with one attached hydrogen (secondary N) is 2. The number of carbonyl (C=O) groups is 3. The number of rotatable bonds is 6. The Balaban J connectivity index is 0.919. The fourth-order valence-corrected chi connectivity index (χ4v) is 10.6. The Hall–Kier alpha value is -2.68. The van der Waals surface area contributed by atoms with Crippen LogP contribution in [0.5, 0.6) is 0 Å². The van der Waals surface area contributed by atoms with Crippen molar-refractivity contribution >= 4 is 23.5 Å². The Labute approximate surface area is 261 Å². The van der Waals surface area contributed by atoms with E-state index >= 15 is 4.39 Å². The first-order chi connectivity index (χ1) is 21.0. The van der Waals surface area contributed by atoms with Gasteiger partial charge >= 0.3 is 6.03 Å². The molecule has 240 valence electrons. The van der Waals surface area contributed by atoms with Crippen LogP contribution in [0.4, 0.5) is 14.9 Å². The number of benzene rings is 1. The van der Waals surface area contributed by atoms with Crippen molar-refractivity contribution in [2.75, 3.05) is 44.6 Å². The van der Waals surface area contributed by atoms with Gasteiger partial charge in [0.2, 0.25) is 11.8 Å². The van der Waals surface area contributed by atoms with E-state index < -0.39 is 5.82 Å². The average molecular weight is 608 g/mol. The van der Waals surface area contributed by atoms with Gasteiger partial charge in [0.1, 0.15) is 5.82 Å². The molecule has 2 saturated heterocycles. The van der Waals surface area contributed by atoms with Gasteiger partial charge in [-0.1, -0.05) is 19.9 Å². The van der Waals surface area contributed by atoms with Gasteiger partial charge in [-0.05, 0) is 112 Å². The molecule has 5 aliphatic carbocycles. The van der Waals surface area contributed by atoms with Crippen molar-refractivity contribution in [3.8, 4) is 0 Å². The molecule has 2 aliphatic heterocycles. The van der Waals surface area contributed by atoms with Crippen LogP contribution in [0.3, 0.4) is 0 Å². The third-order valence-corrected chi connectivity index (χ3v) is 11.6. The normalized spacial score (nSPS) is 35.3. The summed E-state index contributed by atoms with van der Waals surface area (Å²) in [5.41, 5.74) is 1.43. The highest BCUT2D eigenvalue weighted by Crippen LogP contribution is 2.66. The van der Waals surface area contributed by atoms with Crippen LogP contribution in [-0.2, 0) is 16.1 Å². The van der Waals surface area contributed by atoms with E-state index in [1.807, 2.05) is 15.9 Å². The summed E-state index contributed by atoms with van der Waals surface area (Å²) in [4.78, 5) is 45.3. The van der Waals surface area contributed by atoms with Gasteiger partial charge < -0.3 is 20.4 Å². The molecular weight excluding hydrogens is 557 g/mol. The van der Waals surface area contributed by atoms with Gasteiger partial charge in [-0.15, -0.1) is 0 Å². The first kappa shape index (κ1) is 30.0. The smallest absolute Gasteiger partial charge is 0.319 e. The predicted molar refractivity (Wildman–Crippen MR) is 167 cm³/mol. The molecule has 3 unspecified atom stereocenters. The molecule has 8 nitrogen and oxygen atoms in total. The Morgan fingerprint density at radius 3 is 2.16 bits per heavy atom. The number of hydrogen-bond acceptors (Lipinski definition) is 4. The summed E-state index contributed by atoms with van der Waals surface area (Å²) in [7, 11) is 0. The van der Waals surface area contributed by atoms with Gasteiger partial charge in [-0.3, -0.25) is 14.5 Å². The van der Waals surface area contributed by atoms with Crippen LogP contribution in [-0.4, -0.2) is 77.4 Å². The van der Waals surface area contributed by atoms with Crippen molar-refractivity contribution in [1.29, 1.82) is 0 Å². The van der Waals surface area contributed by atoms with E-state index in [1.54, 1.807) is 6.07 Å². The minimum atomic E-state index is -0.429. The molecule has 1 aromatic carbocycles. The largest absolute Gasteiger partial charge is 0.341 e. The summed E-state index contributed by atoms with van der Waals surface area (Å²) >= 11 is 0. The molecule has 5 atom stereocenters. The van der Waals surface area contributed by atoms with Crippen molar-refractivity contribution < 1.29 is 18.8 Å². The second-order valence-corrected chi connectivity index (χ2v) is 16.2. The van der Waals surface area contributed by atoms with Gasteiger partial charge in [-0.2, -0.15) is 0 Å². The van der Waals surface area contributed by atoms with E-state index in [4.69, 9.17) is 0 Å². The summed E-state index contributed by atoms with van der Waals surface area (Å²) in [5, 5.41) is 6.12. The van der Waals surface area contributed by atoms with Gasteiger partial charge in [0.25, 0.3) is 0 Å². The highest BCUT2D eigenvalue weighted by molar-refractivity contribution is 5.90. The summed E-state index contributed by atoms with van der Waals surface area (Å²) in [6, 6.07) is 4.77. The number of piperidine rings is 1. The Bertz CT molecular complexity index is 1300. The number of halogens is 1. The lowest BCUT2D eigenvalue weighted by Crippen LogP contribution is -2.65. The minimum absolute atomic E-state index is 0.0713. The summed E-state index contributed by atoms with van der Waals surface area (Å²) in [5.74, 6) is 0.840. The fraction of sp³-hybridized carbons (Fsp3) is 0.743. The van der Waals surface area contributed by atoms with E-state index in [0.717, 1.165) is 70.0 Å². The van der Waals surface area contributed by atoms with Crippen molar-refractivity contribution in [1.82, 2.24) is 20.0 Å². The lowest BCUT2D eigenvalue weighted by atomic mass is 9.43. The van der Waals surface area contributed by atoms with Crippen molar-refractivity contribution in [2.45, 2.75) is 96.6 Å². The molecule has 0 spiro atoms. The number of anilines is 1. The lowest BCUT2D eigenvalue weighted by Gasteiger charge is -2.65. The van der Waals surface area contributed by atoms with Crippen LogP contribution in [0.1, 0.15) is 90.0 Å². The zero-order valence-electron chi connectivity index (χ0n) is 26.6. The standard InChI is InChI=1S/C35H50FN5O3/c1-33-16-25-17-34(2,21-33)23-35(18-25,22-33)38-32(44)37-29-9-6-24(15-28(29)36)19-39-10-3-5-27(20-39)31(43)41-12-4-11-40(13-14-41)30(42)26-7-8-26/h6,9,15,25-27H,3-5,7-8,10-14,16-23H2,1-2H3,(H2,37,38,44)/t25?,27?,33-,34+,35?. The number of carbonyl (C=O) groups excluding carboxylic acids is 3. The van der Waals surface area contributed by atoms with Gasteiger partial charge in [0.15, 0.2) is 0 Å². The molecule has 8 rings (SSSR count). The molecule has 1 aromatic rings. The monoisotopic (exact) mass is 607 g/mol. The molecule has 2 N–H and O–H groups in total.